The molecule has 0 aromatic carbocycles. The highest BCUT2D eigenvalue weighted by atomic mass is 35.5. The summed E-state index contributed by atoms with van der Waals surface area (Å²) in [6.07, 6.45) is 3.10. The van der Waals surface area contributed by atoms with Crippen molar-refractivity contribution in [3.05, 3.63) is 18.0 Å². The number of aromatic nitrogens is 1. The van der Waals surface area contributed by atoms with Gasteiger partial charge in [-0.05, 0) is 18.9 Å². The first-order valence-electron chi connectivity index (χ1n) is 5.68. The fourth-order valence-corrected chi connectivity index (χ4v) is 3.49. The Kier molecular flexibility index (Phi) is 5.04. The molecule has 6 heteroatoms. The fourth-order valence-electron chi connectivity index (χ4n) is 1.81. The molecule has 4 nitrogen and oxygen atoms in total. The number of alkyl halides is 1. The summed E-state index contributed by atoms with van der Waals surface area (Å²) in [5.41, 5.74) is 0.711. The Hall–Kier alpha value is -0.520. The van der Waals surface area contributed by atoms with Crippen molar-refractivity contribution in [3.63, 3.8) is 0 Å². The lowest BCUT2D eigenvalue weighted by Gasteiger charge is -2.24. The fraction of sp³-hybridized carbons (Fsp3) is 0.636. The summed E-state index contributed by atoms with van der Waals surface area (Å²) in [4.78, 5) is 3.13. The molecule has 0 unspecified atom stereocenters. The Balaban J connectivity index is 3.01. The maximum Gasteiger partial charge on any atom is 0.244 e. The van der Waals surface area contributed by atoms with E-state index in [9.17, 15) is 8.42 Å². The van der Waals surface area contributed by atoms with Crippen LogP contribution in [0.25, 0.3) is 0 Å². The lowest BCUT2D eigenvalue weighted by atomic mass is 10.2. The number of hydrogen-bond donors (Lipinski definition) is 1. The highest BCUT2D eigenvalue weighted by Crippen LogP contribution is 2.20. The zero-order chi connectivity index (χ0) is 13.1. The van der Waals surface area contributed by atoms with E-state index >= 15 is 0 Å². The van der Waals surface area contributed by atoms with Gasteiger partial charge in [-0.3, -0.25) is 0 Å². The molecule has 0 saturated carbocycles. The monoisotopic (exact) mass is 278 g/mol. The van der Waals surface area contributed by atoms with E-state index in [1.165, 1.54) is 10.5 Å². The number of halogens is 1. The van der Waals surface area contributed by atoms with Crippen LogP contribution in [0.1, 0.15) is 32.4 Å². The molecule has 1 aromatic heterocycles. The molecule has 1 rings (SSSR count). The van der Waals surface area contributed by atoms with Crippen LogP contribution < -0.4 is 0 Å². The van der Waals surface area contributed by atoms with Gasteiger partial charge in [-0.25, -0.2) is 8.42 Å². The van der Waals surface area contributed by atoms with Crippen LogP contribution in [0, 0.1) is 0 Å². The summed E-state index contributed by atoms with van der Waals surface area (Å²) in [5.74, 6) is 0.282. The minimum Gasteiger partial charge on any atom is -0.363 e. The van der Waals surface area contributed by atoms with Gasteiger partial charge in [0.2, 0.25) is 10.0 Å². The van der Waals surface area contributed by atoms with Crippen molar-refractivity contribution in [2.24, 2.45) is 0 Å². The van der Waals surface area contributed by atoms with Crippen LogP contribution >= 0.6 is 11.6 Å². The van der Waals surface area contributed by atoms with Gasteiger partial charge >= 0.3 is 0 Å². The Morgan fingerprint density at radius 2 is 2.00 bits per heavy atom. The van der Waals surface area contributed by atoms with Crippen LogP contribution in [0.3, 0.4) is 0 Å². The minimum absolute atomic E-state index is 0.0364. The largest absolute Gasteiger partial charge is 0.363 e. The Morgan fingerprint density at radius 3 is 2.41 bits per heavy atom. The molecule has 0 spiro atoms. The molecule has 1 aromatic rings. The maximum absolute atomic E-state index is 12.3. The maximum atomic E-state index is 12.3. The number of hydrogen-bond acceptors (Lipinski definition) is 2. The van der Waals surface area contributed by atoms with E-state index < -0.39 is 10.0 Å². The van der Waals surface area contributed by atoms with Gasteiger partial charge in [0, 0.05) is 25.0 Å². The molecule has 0 aliphatic heterocycles. The zero-order valence-corrected chi connectivity index (χ0v) is 12.0. The van der Waals surface area contributed by atoms with Crippen molar-refractivity contribution in [1.82, 2.24) is 9.29 Å². The summed E-state index contributed by atoms with van der Waals surface area (Å²) < 4.78 is 26.0. The van der Waals surface area contributed by atoms with Crippen LogP contribution in [0.5, 0.6) is 0 Å². The SMILES string of the molecule is CCC(CC)N(C)S(=O)(=O)c1c[nH]c(CCl)c1. The first-order chi connectivity index (χ1) is 7.97. The quantitative estimate of drug-likeness (QED) is 0.813. The normalized spacial score (nSPS) is 12.6. The van der Waals surface area contributed by atoms with Gasteiger partial charge in [0.05, 0.1) is 10.8 Å². The summed E-state index contributed by atoms with van der Waals surface area (Å²) in [7, 11) is -1.78. The number of sulfonamides is 1. The van der Waals surface area contributed by atoms with Gasteiger partial charge in [0.1, 0.15) is 0 Å². The van der Waals surface area contributed by atoms with Crippen molar-refractivity contribution in [2.75, 3.05) is 7.05 Å². The highest BCUT2D eigenvalue weighted by molar-refractivity contribution is 7.89. The molecule has 0 radical (unpaired) electrons. The van der Waals surface area contributed by atoms with Crippen molar-refractivity contribution in [3.8, 4) is 0 Å². The van der Waals surface area contributed by atoms with Crippen LogP contribution in [0.15, 0.2) is 17.2 Å². The second-order valence-corrected chi connectivity index (χ2v) is 6.25. The Labute approximate surface area is 108 Å². The first kappa shape index (κ1) is 14.5. The molecule has 17 heavy (non-hydrogen) atoms. The second-order valence-electron chi connectivity index (χ2n) is 3.99. The average Bonchev–Trinajstić information content (AvgIpc) is 2.79. The molecular weight excluding hydrogens is 260 g/mol. The number of nitrogens with zero attached hydrogens (tertiary/aromatic N) is 1. The van der Waals surface area contributed by atoms with Gasteiger partial charge in [0.15, 0.2) is 0 Å². The number of nitrogens with one attached hydrogen (secondary N) is 1. The number of H-pyrrole nitrogens is 1. The summed E-state index contributed by atoms with van der Waals surface area (Å²) in [6.45, 7) is 3.98. The smallest absolute Gasteiger partial charge is 0.244 e. The molecule has 0 saturated heterocycles. The number of aromatic amines is 1. The second kappa shape index (κ2) is 5.89. The van der Waals surface area contributed by atoms with Gasteiger partial charge in [-0.1, -0.05) is 13.8 Å². The van der Waals surface area contributed by atoms with Crippen molar-refractivity contribution in [2.45, 2.75) is 43.5 Å². The molecule has 0 aliphatic carbocycles. The van der Waals surface area contributed by atoms with E-state index in [4.69, 9.17) is 11.6 Å². The predicted molar refractivity (Wildman–Crippen MR) is 69.7 cm³/mol. The first-order valence-corrected chi connectivity index (χ1v) is 7.66. The molecule has 0 aliphatic rings. The lowest BCUT2D eigenvalue weighted by Crippen LogP contribution is -2.36. The zero-order valence-electron chi connectivity index (χ0n) is 10.4. The van der Waals surface area contributed by atoms with Gasteiger partial charge in [-0.15, -0.1) is 11.6 Å². The van der Waals surface area contributed by atoms with E-state index in [2.05, 4.69) is 4.98 Å². The average molecular weight is 279 g/mol. The van der Waals surface area contributed by atoms with Crippen LogP contribution in [-0.2, 0) is 15.9 Å². The molecule has 0 atom stereocenters. The van der Waals surface area contributed by atoms with E-state index in [1.807, 2.05) is 13.8 Å². The van der Waals surface area contributed by atoms with E-state index in [0.717, 1.165) is 12.8 Å². The summed E-state index contributed by atoms with van der Waals surface area (Å²) in [6, 6.07) is 1.62. The molecule has 0 bridgehead atoms. The molecule has 1 N–H and O–H groups in total. The molecule has 98 valence electrons. The van der Waals surface area contributed by atoms with E-state index in [1.54, 1.807) is 13.1 Å². The van der Waals surface area contributed by atoms with Crippen LogP contribution in [0.2, 0.25) is 0 Å². The van der Waals surface area contributed by atoms with Gasteiger partial charge in [0.25, 0.3) is 0 Å². The molecular formula is C11H19ClN2O2S. The molecule has 0 amide bonds. The standard InChI is InChI=1S/C11H19ClN2O2S/c1-4-10(5-2)14(3)17(15,16)11-6-9(7-12)13-8-11/h6,8,10,13H,4-5,7H2,1-3H3. The third-order valence-electron chi connectivity index (χ3n) is 2.99. The van der Waals surface area contributed by atoms with Crippen molar-refractivity contribution >= 4 is 21.6 Å². The third kappa shape index (κ3) is 3.03. The van der Waals surface area contributed by atoms with E-state index in [-0.39, 0.29) is 16.8 Å². The van der Waals surface area contributed by atoms with Crippen molar-refractivity contribution in [1.29, 1.82) is 0 Å². The van der Waals surface area contributed by atoms with E-state index in [0.29, 0.717) is 5.69 Å². The topological polar surface area (TPSA) is 53.2 Å². The summed E-state index contributed by atoms with van der Waals surface area (Å²) in [5, 5.41) is 0. The molecule has 1 heterocycles. The Morgan fingerprint density at radius 1 is 1.41 bits per heavy atom. The summed E-state index contributed by atoms with van der Waals surface area (Å²) >= 11 is 5.65. The number of rotatable bonds is 6. The van der Waals surface area contributed by atoms with Crippen molar-refractivity contribution < 1.29 is 8.42 Å². The molecule has 0 fully saturated rings. The lowest BCUT2D eigenvalue weighted by molar-refractivity contribution is 0.350. The van der Waals surface area contributed by atoms with Crippen LogP contribution in [-0.4, -0.2) is 30.8 Å². The third-order valence-corrected chi connectivity index (χ3v) is 5.17. The predicted octanol–water partition coefficient (Wildman–Crippen LogP) is 2.56. The Bertz CT molecular complexity index is 452. The minimum atomic E-state index is -3.41. The van der Waals surface area contributed by atoms with Gasteiger partial charge in [-0.2, -0.15) is 4.31 Å². The van der Waals surface area contributed by atoms with Crippen LogP contribution in [0.4, 0.5) is 0 Å². The highest BCUT2D eigenvalue weighted by Gasteiger charge is 2.26. The van der Waals surface area contributed by atoms with Gasteiger partial charge < -0.3 is 4.98 Å².